The Morgan fingerprint density at radius 1 is 1.41 bits per heavy atom. The van der Waals surface area contributed by atoms with E-state index in [4.69, 9.17) is 27.4 Å². The van der Waals surface area contributed by atoms with Gasteiger partial charge in [0.25, 0.3) is 0 Å². The predicted molar refractivity (Wildman–Crippen MR) is 70.9 cm³/mol. The van der Waals surface area contributed by atoms with Crippen LogP contribution in [0.3, 0.4) is 0 Å². The van der Waals surface area contributed by atoms with E-state index in [9.17, 15) is 0 Å². The van der Waals surface area contributed by atoms with Crippen molar-refractivity contribution >= 4 is 17.2 Å². The van der Waals surface area contributed by atoms with Crippen LogP contribution >= 0.6 is 12.2 Å². The largest absolute Gasteiger partial charge is 0.389 e. The van der Waals surface area contributed by atoms with Crippen LogP contribution in [0, 0.1) is 5.92 Å². The summed E-state index contributed by atoms with van der Waals surface area (Å²) in [6.45, 7) is 3.11. The lowest BCUT2D eigenvalue weighted by Gasteiger charge is -2.09. The molecule has 1 saturated heterocycles. The molecule has 2 N–H and O–H groups in total. The van der Waals surface area contributed by atoms with Crippen LogP contribution in [0.5, 0.6) is 0 Å². The molecule has 0 aromatic heterocycles. The van der Waals surface area contributed by atoms with Crippen molar-refractivity contribution in [3.8, 4) is 0 Å². The summed E-state index contributed by atoms with van der Waals surface area (Å²) in [5, 5.41) is 0. The van der Waals surface area contributed by atoms with E-state index in [-0.39, 0.29) is 0 Å². The molecule has 92 valence electrons. The Labute approximate surface area is 107 Å². The minimum Gasteiger partial charge on any atom is -0.389 e. The molecule has 1 unspecified atom stereocenters. The number of hydrogen-bond donors (Lipinski definition) is 1. The summed E-state index contributed by atoms with van der Waals surface area (Å²) < 4.78 is 11.0. The molecular weight excluding hydrogens is 234 g/mol. The Balaban J connectivity index is 1.76. The van der Waals surface area contributed by atoms with E-state index in [0.29, 0.717) is 17.5 Å². The first kappa shape index (κ1) is 12.5. The number of ether oxygens (including phenoxy) is 2. The SMILES string of the molecule is NC(=S)c1ccc(COCC2CCOC2)cc1. The quantitative estimate of drug-likeness (QED) is 0.811. The highest BCUT2D eigenvalue weighted by Gasteiger charge is 2.15. The molecule has 17 heavy (non-hydrogen) atoms. The molecule has 2 rings (SSSR count). The molecule has 0 aliphatic carbocycles. The van der Waals surface area contributed by atoms with E-state index in [2.05, 4.69) is 0 Å². The normalized spacial score (nSPS) is 19.4. The number of nitrogens with two attached hydrogens (primary N) is 1. The molecule has 1 atom stereocenters. The molecule has 4 heteroatoms. The third-order valence-electron chi connectivity index (χ3n) is 2.88. The van der Waals surface area contributed by atoms with Crippen molar-refractivity contribution in [3.63, 3.8) is 0 Å². The first-order valence-corrected chi connectivity index (χ1v) is 6.21. The van der Waals surface area contributed by atoms with E-state index < -0.39 is 0 Å². The van der Waals surface area contributed by atoms with E-state index in [0.717, 1.165) is 37.4 Å². The molecule has 0 amide bonds. The van der Waals surface area contributed by atoms with E-state index in [1.807, 2.05) is 24.3 Å². The van der Waals surface area contributed by atoms with Gasteiger partial charge in [0.2, 0.25) is 0 Å². The molecule has 3 nitrogen and oxygen atoms in total. The molecular formula is C13H17NO2S. The first-order valence-electron chi connectivity index (χ1n) is 5.80. The minimum atomic E-state index is 0.431. The zero-order valence-corrected chi connectivity index (χ0v) is 10.5. The highest BCUT2D eigenvalue weighted by Crippen LogP contribution is 2.13. The van der Waals surface area contributed by atoms with Crippen LogP contribution in [0.15, 0.2) is 24.3 Å². The molecule has 0 saturated carbocycles. The highest BCUT2D eigenvalue weighted by molar-refractivity contribution is 7.80. The van der Waals surface area contributed by atoms with Crippen LogP contribution in [0.25, 0.3) is 0 Å². The van der Waals surface area contributed by atoms with Crippen molar-refractivity contribution < 1.29 is 9.47 Å². The number of thiocarbonyl (C=S) groups is 1. The average molecular weight is 251 g/mol. The van der Waals surface area contributed by atoms with Crippen LogP contribution in [-0.4, -0.2) is 24.8 Å². The molecule has 1 heterocycles. The second-order valence-electron chi connectivity index (χ2n) is 4.31. The lowest BCUT2D eigenvalue weighted by atomic mass is 10.1. The van der Waals surface area contributed by atoms with Crippen LogP contribution in [0.2, 0.25) is 0 Å². The Kier molecular flexibility index (Phi) is 4.48. The van der Waals surface area contributed by atoms with E-state index in [1.54, 1.807) is 0 Å². The van der Waals surface area contributed by atoms with Gasteiger partial charge in [0.05, 0.1) is 19.8 Å². The fourth-order valence-electron chi connectivity index (χ4n) is 1.82. The monoisotopic (exact) mass is 251 g/mol. The minimum absolute atomic E-state index is 0.431. The van der Waals surface area contributed by atoms with Gasteiger partial charge in [0.15, 0.2) is 0 Å². The maximum absolute atomic E-state index is 5.66. The smallest absolute Gasteiger partial charge is 0.103 e. The fraction of sp³-hybridized carbons (Fsp3) is 0.462. The molecule has 1 aliphatic rings. The first-order chi connectivity index (χ1) is 8.25. The Morgan fingerprint density at radius 3 is 2.76 bits per heavy atom. The van der Waals surface area contributed by atoms with Crippen molar-refractivity contribution in [3.05, 3.63) is 35.4 Å². The van der Waals surface area contributed by atoms with Gasteiger partial charge in [-0.25, -0.2) is 0 Å². The van der Waals surface area contributed by atoms with Gasteiger partial charge in [-0.15, -0.1) is 0 Å². The maximum Gasteiger partial charge on any atom is 0.103 e. The Bertz CT molecular complexity index is 372. The van der Waals surface area contributed by atoms with Gasteiger partial charge in [0.1, 0.15) is 4.99 Å². The van der Waals surface area contributed by atoms with Gasteiger partial charge in [0, 0.05) is 18.1 Å². The van der Waals surface area contributed by atoms with Crippen molar-refractivity contribution in [1.29, 1.82) is 0 Å². The average Bonchev–Trinajstić information content (AvgIpc) is 2.83. The van der Waals surface area contributed by atoms with E-state index >= 15 is 0 Å². The third-order valence-corrected chi connectivity index (χ3v) is 3.12. The van der Waals surface area contributed by atoms with Gasteiger partial charge in [-0.2, -0.15) is 0 Å². The molecule has 1 fully saturated rings. The van der Waals surface area contributed by atoms with Gasteiger partial charge >= 0.3 is 0 Å². The Hall–Kier alpha value is -0.970. The van der Waals surface area contributed by atoms with Gasteiger partial charge in [-0.05, 0) is 12.0 Å². The van der Waals surface area contributed by atoms with Crippen LogP contribution in [0.1, 0.15) is 17.5 Å². The standard InChI is InChI=1S/C13H17NO2S/c14-13(17)12-3-1-10(2-4-12)7-16-9-11-5-6-15-8-11/h1-4,11H,5-9H2,(H2,14,17). The van der Waals surface area contributed by atoms with Crippen LogP contribution in [0.4, 0.5) is 0 Å². The summed E-state index contributed by atoms with van der Waals surface area (Å²) >= 11 is 4.90. The summed E-state index contributed by atoms with van der Waals surface area (Å²) in [5.41, 5.74) is 7.57. The highest BCUT2D eigenvalue weighted by atomic mass is 32.1. The van der Waals surface area contributed by atoms with Crippen molar-refractivity contribution in [2.45, 2.75) is 13.0 Å². The third kappa shape index (κ3) is 3.77. The zero-order chi connectivity index (χ0) is 12.1. The van der Waals surface area contributed by atoms with Crippen LogP contribution < -0.4 is 5.73 Å². The van der Waals surface area contributed by atoms with Gasteiger partial charge in [-0.3, -0.25) is 0 Å². The van der Waals surface area contributed by atoms with Gasteiger partial charge in [-0.1, -0.05) is 36.5 Å². The molecule has 0 radical (unpaired) electrons. The molecule has 0 spiro atoms. The Morgan fingerprint density at radius 2 is 2.18 bits per heavy atom. The second-order valence-corrected chi connectivity index (χ2v) is 4.75. The fourth-order valence-corrected chi connectivity index (χ4v) is 1.96. The maximum atomic E-state index is 5.66. The lowest BCUT2D eigenvalue weighted by molar-refractivity contribution is 0.0791. The van der Waals surface area contributed by atoms with E-state index in [1.165, 1.54) is 0 Å². The second kappa shape index (κ2) is 6.10. The number of hydrogen-bond acceptors (Lipinski definition) is 3. The van der Waals surface area contributed by atoms with Gasteiger partial charge < -0.3 is 15.2 Å². The summed E-state index contributed by atoms with van der Waals surface area (Å²) in [5.74, 6) is 0.561. The molecule has 1 aromatic rings. The number of rotatable bonds is 5. The summed E-state index contributed by atoms with van der Waals surface area (Å²) in [6.07, 6.45) is 1.11. The predicted octanol–water partition coefficient (Wildman–Crippen LogP) is 1.87. The molecule has 1 aromatic carbocycles. The summed E-state index contributed by atoms with van der Waals surface area (Å²) in [4.78, 5) is 0.431. The number of benzene rings is 1. The zero-order valence-electron chi connectivity index (χ0n) is 9.72. The van der Waals surface area contributed by atoms with Crippen molar-refractivity contribution in [2.75, 3.05) is 19.8 Å². The summed E-state index contributed by atoms with van der Waals surface area (Å²) in [6, 6.07) is 7.86. The molecule has 0 bridgehead atoms. The molecule has 1 aliphatic heterocycles. The van der Waals surface area contributed by atoms with Crippen LogP contribution in [-0.2, 0) is 16.1 Å². The lowest BCUT2D eigenvalue weighted by Crippen LogP contribution is -2.10. The topological polar surface area (TPSA) is 44.5 Å². The summed E-state index contributed by atoms with van der Waals surface area (Å²) in [7, 11) is 0. The van der Waals surface area contributed by atoms with Crippen molar-refractivity contribution in [1.82, 2.24) is 0 Å². The van der Waals surface area contributed by atoms with Crippen molar-refractivity contribution in [2.24, 2.45) is 11.7 Å².